The van der Waals surface area contributed by atoms with Crippen molar-refractivity contribution in [1.29, 1.82) is 0 Å². The van der Waals surface area contributed by atoms with Crippen molar-refractivity contribution in [3.8, 4) is 0 Å². The Morgan fingerprint density at radius 2 is 1.93 bits per heavy atom. The van der Waals surface area contributed by atoms with Gasteiger partial charge in [-0.25, -0.2) is 0 Å². The lowest BCUT2D eigenvalue weighted by molar-refractivity contribution is -0.119. The van der Waals surface area contributed by atoms with Crippen molar-refractivity contribution >= 4 is 5.78 Å². The molecular formula is C13H23NO. The minimum atomic E-state index is -0.0381. The summed E-state index contributed by atoms with van der Waals surface area (Å²) in [6, 6.07) is -0.0381. The summed E-state index contributed by atoms with van der Waals surface area (Å²) in [5, 5.41) is 0. The van der Waals surface area contributed by atoms with E-state index in [-0.39, 0.29) is 17.7 Å². The van der Waals surface area contributed by atoms with E-state index in [1.54, 1.807) is 0 Å². The van der Waals surface area contributed by atoms with Gasteiger partial charge in [0.25, 0.3) is 0 Å². The molecule has 0 amide bonds. The molecule has 1 aliphatic rings. The molecule has 1 aliphatic carbocycles. The number of hydrogen-bond donors (Lipinski definition) is 1. The summed E-state index contributed by atoms with van der Waals surface area (Å²) in [7, 11) is 0. The summed E-state index contributed by atoms with van der Waals surface area (Å²) in [6.45, 7) is 3.85. The van der Waals surface area contributed by atoms with Crippen molar-refractivity contribution in [2.45, 2.75) is 58.4 Å². The van der Waals surface area contributed by atoms with Gasteiger partial charge < -0.3 is 5.73 Å². The van der Waals surface area contributed by atoms with Crippen LogP contribution in [0.25, 0.3) is 0 Å². The van der Waals surface area contributed by atoms with E-state index in [9.17, 15) is 4.79 Å². The van der Waals surface area contributed by atoms with Crippen molar-refractivity contribution in [2.24, 2.45) is 11.7 Å². The molecule has 2 atom stereocenters. The molecule has 0 saturated heterocycles. The number of carbonyl (C=O) groups is 1. The third kappa shape index (κ3) is 3.78. The molecule has 0 radical (unpaired) electrons. The highest BCUT2D eigenvalue weighted by Gasteiger charge is 2.20. The molecule has 2 unspecified atom stereocenters. The van der Waals surface area contributed by atoms with Crippen molar-refractivity contribution in [1.82, 2.24) is 0 Å². The van der Waals surface area contributed by atoms with E-state index < -0.39 is 0 Å². The van der Waals surface area contributed by atoms with Crippen LogP contribution in [0, 0.1) is 5.92 Å². The van der Waals surface area contributed by atoms with Gasteiger partial charge in [-0.15, -0.1) is 0 Å². The Morgan fingerprint density at radius 3 is 2.60 bits per heavy atom. The van der Waals surface area contributed by atoms with Gasteiger partial charge in [-0.3, -0.25) is 4.79 Å². The first kappa shape index (κ1) is 12.4. The smallest absolute Gasteiger partial charge is 0.162 e. The lowest BCUT2D eigenvalue weighted by Crippen LogP contribution is -2.31. The van der Waals surface area contributed by atoms with Crippen LogP contribution in [0.15, 0.2) is 11.6 Å². The van der Waals surface area contributed by atoms with Gasteiger partial charge in [0.15, 0.2) is 5.78 Å². The van der Waals surface area contributed by atoms with Crippen molar-refractivity contribution < 1.29 is 4.79 Å². The first-order chi connectivity index (χ1) is 7.13. The van der Waals surface area contributed by atoms with Crippen LogP contribution < -0.4 is 5.73 Å². The first-order valence-corrected chi connectivity index (χ1v) is 6.11. The van der Waals surface area contributed by atoms with Crippen molar-refractivity contribution in [3.05, 3.63) is 11.6 Å². The van der Waals surface area contributed by atoms with Crippen LogP contribution in [0.5, 0.6) is 0 Å². The lowest BCUT2D eigenvalue weighted by Gasteiger charge is -2.17. The lowest BCUT2D eigenvalue weighted by atomic mass is 9.89. The molecule has 0 aliphatic heterocycles. The second-order valence-corrected chi connectivity index (χ2v) is 4.69. The summed E-state index contributed by atoms with van der Waals surface area (Å²) in [5.74, 6) is 0.238. The average Bonchev–Trinajstić information content (AvgIpc) is 2.15. The summed E-state index contributed by atoms with van der Waals surface area (Å²) >= 11 is 0. The molecule has 2 heteroatoms. The quantitative estimate of drug-likeness (QED) is 0.776. The number of Topliss-reactive ketones (excluding diaryl/α,β-unsaturated/α-hetero) is 1. The zero-order valence-electron chi connectivity index (χ0n) is 9.96. The molecule has 0 bridgehead atoms. The molecule has 2 nitrogen and oxygen atoms in total. The Kier molecular flexibility index (Phi) is 5.03. The van der Waals surface area contributed by atoms with E-state index in [4.69, 9.17) is 5.73 Å². The van der Waals surface area contributed by atoms with E-state index in [1.807, 2.05) is 13.8 Å². The Bertz CT molecular complexity index is 243. The van der Waals surface area contributed by atoms with Crippen LogP contribution in [0.4, 0.5) is 0 Å². The minimum Gasteiger partial charge on any atom is -0.327 e. The molecule has 86 valence electrons. The van der Waals surface area contributed by atoms with E-state index in [0.717, 1.165) is 24.8 Å². The van der Waals surface area contributed by atoms with Crippen LogP contribution in [0.2, 0.25) is 0 Å². The first-order valence-electron chi connectivity index (χ1n) is 6.11. The second-order valence-electron chi connectivity index (χ2n) is 4.69. The maximum absolute atomic E-state index is 12.1. The van der Waals surface area contributed by atoms with Crippen molar-refractivity contribution in [2.75, 3.05) is 0 Å². The molecule has 0 heterocycles. The average molecular weight is 209 g/mol. The fourth-order valence-corrected chi connectivity index (χ4v) is 1.95. The molecule has 0 spiro atoms. The zero-order chi connectivity index (χ0) is 11.3. The van der Waals surface area contributed by atoms with Gasteiger partial charge in [0.05, 0.1) is 0 Å². The molecule has 0 aromatic heterocycles. The molecule has 0 saturated carbocycles. The molecule has 0 fully saturated rings. The predicted octanol–water partition coefficient (Wildman–Crippen LogP) is 2.82. The Labute approximate surface area is 92.9 Å². The van der Waals surface area contributed by atoms with E-state index in [0.29, 0.717) is 0 Å². The van der Waals surface area contributed by atoms with Crippen LogP contribution in [-0.2, 0) is 4.79 Å². The monoisotopic (exact) mass is 209 g/mol. The summed E-state index contributed by atoms with van der Waals surface area (Å²) in [6.07, 6.45) is 9.10. The van der Waals surface area contributed by atoms with Crippen LogP contribution in [0.3, 0.4) is 0 Å². The predicted molar refractivity (Wildman–Crippen MR) is 63.6 cm³/mol. The number of allylic oxidation sites excluding steroid dienone is 2. The van der Waals surface area contributed by atoms with Gasteiger partial charge in [-0.2, -0.15) is 0 Å². The van der Waals surface area contributed by atoms with Gasteiger partial charge in [0, 0.05) is 12.0 Å². The zero-order valence-corrected chi connectivity index (χ0v) is 9.96. The number of hydrogen-bond acceptors (Lipinski definition) is 2. The number of ketones is 1. The topological polar surface area (TPSA) is 43.1 Å². The normalized spacial score (nSPS) is 25.7. The van der Waals surface area contributed by atoms with Crippen LogP contribution >= 0.6 is 0 Å². The number of nitrogens with two attached hydrogens (primary N) is 1. The van der Waals surface area contributed by atoms with Gasteiger partial charge in [-0.1, -0.05) is 25.8 Å². The number of carbonyl (C=O) groups excluding carboxylic acids is 1. The van der Waals surface area contributed by atoms with Gasteiger partial charge >= 0.3 is 0 Å². The highest BCUT2D eigenvalue weighted by atomic mass is 16.1. The third-order valence-corrected chi connectivity index (χ3v) is 3.31. The minimum absolute atomic E-state index is 0.0318. The van der Waals surface area contributed by atoms with Gasteiger partial charge in [0.2, 0.25) is 0 Å². The van der Waals surface area contributed by atoms with Gasteiger partial charge in [-0.05, 0) is 38.2 Å². The van der Waals surface area contributed by atoms with Crippen LogP contribution in [0.1, 0.15) is 52.4 Å². The standard InChI is InChI=1S/C13H23NO/c1-10(11(2)14)13(15)12-8-6-4-3-5-7-9-12/h8,10-11H,3-7,9,14H2,1-2H3/b12-8+. The maximum atomic E-state index is 12.1. The summed E-state index contributed by atoms with van der Waals surface area (Å²) < 4.78 is 0. The van der Waals surface area contributed by atoms with E-state index in [1.165, 1.54) is 19.3 Å². The maximum Gasteiger partial charge on any atom is 0.162 e. The van der Waals surface area contributed by atoms with Crippen LogP contribution in [-0.4, -0.2) is 11.8 Å². The second kappa shape index (κ2) is 6.06. The van der Waals surface area contributed by atoms with Crippen molar-refractivity contribution in [3.63, 3.8) is 0 Å². The summed E-state index contributed by atoms with van der Waals surface area (Å²) in [4.78, 5) is 12.1. The summed E-state index contributed by atoms with van der Waals surface area (Å²) in [5.41, 5.74) is 6.79. The largest absolute Gasteiger partial charge is 0.327 e. The fraction of sp³-hybridized carbons (Fsp3) is 0.769. The van der Waals surface area contributed by atoms with E-state index in [2.05, 4.69) is 6.08 Å². The Balaban J connectivity index is 2.63. The Morgan fingerprint density at radius 1 is 1.27 bits per heavy atom. The third-order valence-electron chi connectivity index (χ3n) is 3.31. The SMILES string of the molecule is CC(N)C(C)C(=O)/C1=C/CCCCCC1. The molecule has 2 N–H and O–H groups in total. The molecule has 15 heavy (non-hydrogen) atoms. The highest BCUT2D eigenvalue weighted by molar-refractivity contribution is 5.97. The molecular weight excluding hydrogens is 186 g/mol. The number of rotatable bonds is 3. The Hall–Kier alpha value is -0.630. The molecule has 1 rings (SSSR count). The van der Waals surface area contributed by atoms with E-state index >= 15 is 0 Å². The fourth-order valence-electron chi connectivity index (χ4n) is 1.95. The highest BCUT2D eigenvalue weighted by Crippen LogP contribution is 2.20. The molecule has 0 aromatic rings. The van der Waals surface area contributed by atoms with Gasteiger partial charge in [0.1, 0.15) is 0 Å². The molecule has 0 aromatic carbocycles.